The van der Waals surface area contributed by atoms with Gasteiger partial charge < -0.3 is 25.1 Å². The summed E-state index contributed by atoms with van der Waals surface area (Å²) in [5.74, 6) is -0.161. The van der Waals surface area contributed by atoms with E-state index >= 15 is 0 Å². The Bertz CT molecular complexity index is 2270. The molecule has 0 saturated carbocycles. The van der Waals surface area contributed by atoms with Crippen molar-refractivity contribution in [3.63, 3.8) is 0 Å². The lowest BCUT2D eigenvalue weighted by molar-refractivity contribution is -0.146. The summed E-state index contributed by atoms with van der Waals surface area (Å²) in [7, 11) is 1.38. The molecule has 0 spiro atoms. The topological polar surface area (TPSA) is 118 Å². The molecule has 292 valence electrons. The van der Waals surface area contributed by atoms with E-state index in [1.165, 1.54) is 7.11 Å². The molecular weight excluding hydrogens is 788 g/mol. The minimum Gasteiger partial charge on any atom is -0.448 e. The number of hydrogen-bond acceptors (Lipinski definition) is 11. The summed E-state index contributed by atoms with van der Waals surface area (Å²) in [5, 5.41) is 11.1. The molecule has 0 bridgehead atoms. The number of oxime groups is 1. The summed E-state index contributed by atoms with van der Waals surface area (Å²) in [6, 6.07) is 49.4. The van der Waals surface area contributed by atoms with Crippen molar-refractivity contribution in [2.24, 2.45) is 5.16 Å². The number of halogens is 1. The smallest absolute Gasteiger partial charge is 0.355 e. The fourth-order valence-electron chi connectivity index (χ4n) is 7.42. The Hall–Kier alpha value is -5.95. The molecule has 3 heterocycles. The monoisotopic (exact) mass is 826 g/mol. The Balaban J connectivity index is 1.01. The maximum Gasteiger partial charge on any atom is 0.355 e. The highest BCUT2D eigenvalue weighted by molar-refractivity contribution is 8.00. The van der Waals surface area contributed by atoms with E-state index in [1.807, 2.05) is 120 Å². The van der Waals surface area contributed by atoms with Gasteiger partial charge in [0.05, 0.1) is 11.4 Å². The number of carbonyl (C=O) groups is 2. The molecule has 2 aliphatic rings. The number of esters is 1. The second kappa shape index (κ2) is 17.7. The highest BCUT2D eigenvalue weighted by atomic mass is 35.5. The van der Waals surface area contributed by atoms with Gasteiger partial charge in [-0.25, -0.2) is 4.79 Å². The van der Waals surface area contributed by atoms with Crippen LogP contribution in [0, 0.1) is 0 Å². The number of amides is 1. The third-order valence-electron chi connectivity index (χ3n) is 10.1. The number of rotatable bonds is 14. The standard InChI is InChI=1S/C45H39ClN6O4S2/c1-55-50-37(40-48-44(58-51-40)49-45(33-21-11-4-12-22-33,34-23-13-5-14-24-34)35-25-15-6-16-26-35)41(53)47-36-28-52-38(32(27-46)29-57-42(36)52)43(54)56-39(30-17-7-2-8-18-30)31-19-9-3-10-20-31/h2-26,36,39,42H,27-29H2,1H3,(H,47,53)(H,48,49,51)/b50-37-/t36-,42-/m1/s1. The van der Waals surface area contributed by atoms with Crippen molar-refractivity contribution < 1.29 is 19.2 Å². The first-order valence-electron chi connectivity index (χ1n) is 18.7. The fraction of sp³-hybridized carbons (Fsp3) is 0.178. The zero-order valence-corrected chi connectivity index (χ0v) is 33.8. The lowest BCUT2D eigenvalue weighted by atomic mass is 9.77. The van der Waals surface area contributed by atoms with E-state index in [-0.39, 0.29) is 28.8 Å². The molecule has 6 aromatic rings. The third kappa shape index (κ3) is 7.83. The van der Waals surface area contributed by atoms with E-state index in [2.05, 4.69) is 56.6 Å². The van der Waals surface area contributed by atoms with Gasteiger partial charge in [0.25, 0.3) is 5.91 Å². The quantitative estimate of drug-likeness (QED) is 0.0371. The maximum atomic E-state index is 14.1. The van der Waals surface area contributed by atoms with Gasteiger partial charge in [-0.3, -0.25) is 4.79 Å². The van der Waals surface area contributed by atoms with Gasteiger partial charge >= 0.3 is 5.97 Å². The first kappa shape index (κ1) is 38.9. The fourth-order valence-corrected chi connectivity index (χ4v) is 9.75. The molecular formula is C45H39ClN6O4S2. The Labute approximate surface area is 350 Å². The molecule has 2 aliphatic heterocycles. The first-order chi connectivity index (χ1) is 28.5. The Morgan fingerprint density at radius 1 is 0.828 bits per heavy atom. The number of carbonyl (C=O) groups excluding carboxylic acids is 2. The summed E-state index contributed by atoms with van der Waals surface area (Å²) in [6.45, 7) is 0.362. The van der Waals surface area contributed by atoms with Crippen molar-refractivity contribution in [1.82, 2.24) is 19.6 Å². The number of fused-ring (bicyclic) bond motifs is 1. The second-order valence-electron chi connectivity index (χ2n) is 13.6. The van der Waals surface area contributed by atoms with Crippen molar-refractivity contribution in [1.29, 1.82) is 0 Å². The summed E-state index contributed by atoms with van der Waals surface area (Å²) in [4.78, 5) is 40.0. The average molecular weight is 827 g/mol. The molecule has 2 atom stereocenters. The number of benzene rings is 5. The number of ether oxygens (including phenoxy) is 1. The van der Waals surface area contributed by atoms with Gasteiger partial charge in [0.2, 0.25) is 16.7 Å². The predicted octanol–water partition coefficient (Wildman–Crippen LogP) is 7.99. The van der Waals surface area contributed by atoms with Gasteiger partial charge in [-0.2, -0.15) is 9.36 Å². The third-order valence-corrected chi connectivity index (χ3v) is 12.5. The van der Waals surface area contributed by atoms with Crippen LogP contribution in [-0.4, -0.2) is 68.5 Å². The summed E-state index contributed by atoms with van der Waals surface area (Å²) in [6.07, 6.45) is -0.611. The number of alkyl halides is 1. The number of thioether (sulfide) groups is 1. The molecule has 0 radical (unpaired) electrons. The molecule has 13 heteroatoms. The molecule has 0 aliphatic carbocycles. The van der Waals surface area contributed by atoms with Crippen LogP contribution < -0.4 is 10.6 Å². The van der Waals surface area contributed by atoms with E-state index in [0.29, 0.717) is 23.1 Å². The number of nitrogens with zero attached hydrogens (tertiary/aromatic N) is 4. The van der Waals surface area contributed by atoms with E-state index in [9.17, 15) is 9.59 Å². The maximum absolute atomic E-state index is 14.1. The lowest BCUT2D eigenvalue weighted by Gasteiger charge is -2.52. The molecule has 8 rings (SSSR count). The van der Waals surface area contributed by atoms with E-state index in [4.69, 9.17) is 26.2 Å². The molecule has 2 N–H and O–H groups in total. The summed E-state index contributed by atoms with van der Waals surface area (Å²) in [5.41, 5.74) is 5.01. The largest absolute Gasteiger partial charge is 0.448 e. The molecule has 1 fully saturated rings. The van der Waals surface area contributed by atoms with Crippen LogP contribution in [0.25, 0.3) is 0 Å². The van der Waals surface area contributed by atoms with E-state index in [1.54, 1.807) is 11.8 Å². The first-order valence-corrected chi connectivity index (χ1v) is 21.0. The molecule has 0 unspecified atom stereocenters. The van der Waals surface area contributed by atoms with Gasteiger partial charge in [0.15, 0.2) is 6.10 Å². The van der Waals surface area contributed by atoms with Crippen LogP contribution in [0.4, 0.5) is 5.13 Å². The van der Waals surface area contributed by atoms with Gasteiger partial charge in [0, 0.05) is 29.7 Å². The van der Waals surface area contributed by atoms with Crippen LogP contribution >= 0.6 is 34.9 Å². The SMILES string of the molecule is CO/N=C(\C(=O)N[C@@H]1CN2C(C(=O)OC(c3ccccc3)c3ccccc3)=C(CCl)CS[C@H]12)c1nsc(NC(c2ccccc2)(c2ccccc2)c2ccccc2)n1. The van der Waals surface area contributed by atoms with E-state index in [0.717, 1.165) is 44.9 Å². The van der Waals surface area contributed by atoms with Gasteiger partial charge in [-0.05, 0) is 33.4 Å². The van der Waals surface area contributed by atoms with Crippen LogP contribution in [-0.2, 0) is 24.7 Å². The normalized spacial score (nSPS) is 16.6. The minimum atomic E-state index is -0.842. The molecule has 58 heavy (non-hydrogen) atoms. The predicted molar refractivity (Wildman–Crippen MR) is 230 cm³/mol. The minimum absolute atomic E-state index is 0.0685. The van der Waals surface area contributed by atoms with Crippen molar-refractivity contribution in [3.05, 3.63) is 197 Å². The zero-order chi connectivity index (χ0) is 39.9. The Morgan fingerprint density at radius 2 is 1.34 bits per heavy atom. The van der Waals surface area contributed by atoms with Crippen LogP contribution in [0.1, 0.15) is 39.7 Å². The summed E-state index contributed by atoms with van der Waals surface area (Å²) < 4.78 is 10.8. The lowest BCUT2D eigenvalue weighted by Crippen LogP contribution is -2.67. The zero-order valence-electron chi connectivity index (χ0n) is 31.4. The number of aromatic nitrogens is 2. The second-order valence-corrected chi connectivity index (χ2v) is 15.8. The van der Waals surface area contributed by atoms with Crippen molar-refractivity contribution in [3.8, 4) is 0 Å². The van der Waals surface area contributed by atoms with Crippen LogP contribution in [0.15, 0.2) is 168 Å². The number of nitrogens with one attached hydrogen (secondary N) is 2. The molecule has 1 aromatic heterocycles. The Morgan fingerprint density at radius 3 is 1.84 bits per heavy atom. The van der Waals surface area contributed by atoms with Crippen LogP contribution in [0.5, 0.6) is 0 Å². The van der Waals surface area contributed by atoms with Gasteiger partial charge in [-0.15, -0.1) is 23.4 Å². The highest BCUT2D eigenvalue weighted by Gasteiger charge is 2.48. The van der Waals surface area contributed by atoms with Crippen molar-refractivity contribution in [2.45, 2.75) is 23.1 Å². The molecule has 10 nitrogen and oxygen atoms in total. The highest BCUT2D eigenvalue weighted by Crippen LogP contribution is 2.42. The Kier molecular flexibility index (Phi) is 11.9. The molecule has 1 saturated heterocycles. The summed E-state index contributed by atoms with van der Waals surface area (Å²) >= 11 is 9.14. The van der Waals surface area contributed by atoms with Crippen LogP contribution in [0.3, 0.4) is 0 Å². The van der Waals surface area contributed by atoms with Crippen molar-refractivity contribution in [2.75, 3.05) is 30.6 Å². The number of anilines is 1. The van der Waals surface area contributed by atoms with E-state index < -0.39 is 23.5 Å². The van der Waals surface area contributed by atoms with Gasteiger partial charge in [0.1, 0.15) is 18.3 Å². The molecule has 5 aromatic carbocycles. The van der Waals surface area contributed by atoms with Crippen LogP contribution in [0.2, 0.25) is 0 Å². The van der Waals surface area contributed by atoms with Gasteiger partial charge in [-0.1, -0.05) is 157 Å². The molecule has 1 amide bonds. The number of hydrogen-bond donors (Lipinski definition) is 2. The average Bonchev–Trinajstić information content (AvgIpc) is 3.74. The van der Waals surface area contributed by atoms with Crippen molar-refractivity contribution >= 4 is 57.6 Å².